The predicted octanol–water partition coefficient (Wildman–Crippen LogP) is 4.42. The first-order valence-corrected chi connectivity index (χ1v) is 7.19. The minimum absolute atomic E-state index is 0.0496. The maximum absolute atomic E-state index is 13.7. The standard InChI is InChI=1S/C16H13F2NS/c17-13-5-2-6-14(18)12(13)9-15(19)11-4-1-3-10-7-8-20-16(10)11/h1-8,15H,9,19H2. The molecule has 0 saturated heterocycles. The maximum atomic E-state index is 13.7. The van der Waals surface area contributed by atoms with Crippen molar-refractivity contribution in [3.63, 3.8) is 0 Å². The second-order valence-corrected chi connectivity index (χ2v) is 5.61. The molecule has 0 spiro atoms. The van der Waals surface area contributed by atoms with Crippen LogP contribution in [-0.4, -0.2) is 0 Å². The minimum atomic E-state index is -0.543. The molecule has 0 aliphatic carbocycles. The lowest BCUT2D eigenvalue weighted by Gasteiger charge is -2.14. The summed E-state index contributed by atoms with van der Waals surface area (Å²) in [5.74, 6) is -1.09. The van der Waals surface area contributed by atoms with Crippen molar-refractivity contribution in [2.45, 2.75) is 12.5 Å². The monoisotopic (exact) mass is 289 g/mol. The molecular formula is C16H13F2NS. The van der Waals surface area contributed by atoms with E-state index in [9.17, 15) is 8.78 Å². The van der Waals surface area contributed by atoms with Crippen molar-refractivity contribution >= 4 is 21.4 Å². The number of nitrogens with two attached hydrogens (primary N) is 1. The highest BCUT2D eigenvalue weighted by Crippen LogP contribution is 2.30. The normalized spacial score (nSPS) is 12.8. The van der Waals surface area contributed by atoms with Crippen LogP contribution < -0.4 is 5.73 Å². The van der Waals surface area contributed by atoms with Crippen LogP contribution in [0.4, 0.5) is 8.78 Å². The summed E-state index contributed by atoms with van der Waals surface area (Å²) >= 11 is 1.59. The van der Waals surface area contributed by atoms with Crippen molar-refractivity contribution in [2.75, 3.05) is 0 Å². The van der Waals surface area contributed by atoms with Crippen LogP contribution in [0.1, 0.15) is 17.2 Å². The van der Waals surface area contributed by atoms with Gasteiger partial charge in [-0.25, -0.2) is 8.78 Å². The van der Waals surface area contributed by atoms with Gasteiger partial charge in [-0.05, 0) is 40.9 Å². The van der Waals surface area contributed by atoms with E-state index in [1.807, 2.05) is 29.6 Å². The molecule has 0 saturated carbocycles. The van der Waals surface area contributed by atoms with Crippen LogP contribution in [0.25, 0.3) is 10.1 Å². The molecule has 4 heteroatoms. The van der Waals surface area contributed by atoms with Crippen LogP contribution in [0, 0.1) is 11.6 Å². The van der Waals surface area contributed by atoms with Gasteiger partial charge in [-0.15, -0.1) is 11.3 Å². The highest BCUT2D eigenvalue weighted by molar-refractivity contribution is 7.17. The van der Waals surface area contributed by atoms with E-state index in [4.69, 9.17) is 5.73 Å². The van der Waals surface area contributed by atoms with Gasteiger partial charge in [0.25, 0.3) is 0 Å². The summed E-state index contributed by atoms with van der Waals surface area (Å²) < 4.78 is 28.5. The molecular weight excluding hydrogens is 276 g/mol. The summed E-state index contributed by atoms with van der Waals surface area (Å²) in [7, 11) is 0. The van der Waals surface area contributed by atoms with Gasteiger partial charge in [0.15, 0.2) is 0 Å². The largest absolute Gasteiger partial charge is 0.324 e. The summed E-state index contributed by atoms with van der Waals surface area (Å²) in [6.45, 7) is 0. The number of fused-ring (bicyclic) bond motifs is 1. The molecule has 20 heavy (non-hydrogen) atoms. The molecule has 2 aromatic carbocycles. The zero-order valence-corrected chi connectivity index (χ0v) is 11.5. The minimum Gasteiger partial charge on any atom is -0.324 e. The van der Waals surface area contributed by atoms with Crippen molar-refractivity contribution in [2.24, 2.45) is 5.73 Å². The third kappa shape index (κ3) is 2.32. The Morgan fingerprint density at radius 2 is 1.70 bits per heavy atom. The van der Waals surface area contributed by atoms with E-state index in [0.29, 0.717) is 0 Å². The highest BCUT2D eigenvalue weighted by Gasteiger charge is 2.16. The van der Waals surface area contributed by atoms with Crippen molar-refractivity contribution in [3.8, 4) is 0 Å². The van der Waals surface area contributed by atoms with E-state index in [0.717, 1.165) is 15.6 Å². The average molecular weight is 289 g/mol. The topological polar surface area (TPSA) is 26.0 Å². The zero-order chi connectivity index (χ0) is 14.1. The van der Waals surface area contributed by atoms with Crippen molar-refractivity contribution in [1.29, 1.82) is 0 Å². The highest BCUT2D eigenvalue weighted by atomic mass is 32.1. The zero-order valence-electron chi connectivity index (χ0n) is 10.6. The summed E-state index contributed by atoms with van der Waals surface area (Å²) in [4.78, 5) is 0. The first-order chi connectivity index (χ1) is 9.66. The lowest BCUT2D eigenvalue weighted by molar-refractivity contribution is 0.540. The van der Waals surface area contributed by atoms with Gasteiger partial charge < -0.3 is 5.73 Å². The molecule has 1 nitrogen and oxygen atoms in total. The van der Waals surface area contributed by atoms with Crippen LogP contribution in [0.3, 0.4) is 0 Å². The first-order valence-electron chi connectivity index (χ1n) is 6.31. The summed E-state index contributed by atoms with van der Waals surface area (Å²) in [5, 5.41) is 3.10. The molecule has 0 fully saturated rings. The van der Waals surface area contributed by atoms with Gasteiger partial charge in [0, 0.05) is 16.3 Å². The Morgan fingerprint density at radius 1 is 1.00 bits per heavy atom. The number of rotatable bonds is 3. The van der Waals surface area contributed by atoms with Crippen LogP contribution in [0.15, 0.2) is 47.8 Å². The summed E-state index contributed by atoms with van der Waals surface area (Å²) in [6.07, 6.45) is 0.148. The predicted molar refractivity (Wildman–Crippen MR) is 78.8 cm³/mol. The summed E-state index contributed by atoms with van der Waals surface area (Å²) in [6, 6.07) is 11.3. The SMILES string of the molecule is NC(Cc1c(F)cccc1F)c1cccc2ccsc12. The lowest BCUT2D eigenvalue weighted by atomic mass is 9.98. The number of halogens is 2. The third-order valence-corrected chi connectivity index (χ3v) is 4.37. The van der Waals surface area contributed by atoms with Gasteiger partial charge in [-0.1, -0.05) is 24.3 Å². The second kappa shape index (κ2) is 5.31. The molecule has 1 unspecified atom stereocenters. The molecule has 2 N–H and O–H groups in total. The van der Waals surface area contributed by atoms with Gasteiger partial charge in [0.1, 0.15) is 11.6 Å². The lowest BCUT2D eigenvalue weighted by Crippen LogP contribution is -2.15. The van der Waals surface area contributed by atoms with E-state index in [2.05, 4.69) is 0 Å². The number of hydrogen-bond donors (Lipinski definition) is 1. The third-order valence-electron chi connectivity index (χ3n) is 3.39. The molecule has 3 aromatic rings. The van der Waals surface area contributed by atoms with Crippen LogP contribution in [0.5, 0.6) is 0 Å². The molecule has 1 heterocycles. The smallest absolute Gasteiger partial charge is 0.129 e. The number of thiophene rings is 1. The molecule has 3 rings (SSSR count). The van der Waals surface area contributed by atoms with Gasteiger partial charge in [0.2, 0.25) is 0 Å². The molecule has 0 aliphatic heterocycles. The summed E-state index contributed by atoms with van der Waals surface area (Å²) in [5.41, 5.74) is 7.14. The van der Waals surface area contributed by atoms with Crippen molar-refractivity contribution < 1.29 is 8.78 Å². The molecule has 0 radical (unpaired) electrons. The molecule has 102 valence electrons. The Labute approximate surface area is 119 Å². The Morgan fingerprint density at radius 3 is 2.45 bits per heavy atom. The number of hydrogen-bond acceptors (Lipinski definition) is 2. The van der Waals surface area contributed by atoms with E-state index in [1.165, 1.54) is 18.2 Å². The fourth-order valence-electron chi connectivity index (χ4n) is 2.37. The van der Waals surface area contributed by atoms with E-state index in [1.54, 1.807) is 11.3 Å². The Balaban J connectivity index is 1.97. The Bertz CT molecular complexity index is 731. The Kier molecular flexibility index (Phi) is 3.51. The molecule has 0 amide bonds. The van der Waals surface area contributed by atoms with Gasteiger partial charge in [0.05, 0.1) is 0 Å². The van der Waals surface area contributed by atoms with Gasteiger partial charge in [-0.2, -0.15) is 0 Å². The fourth-order valence-corrected chi connectivity index (χ4v) is 3.34. The quantitative estimate of drug-likeness (QED) is 0.758. The van der Waals surface area contributed by atoms with Crippen LogP contribution in [-0.2, 0) is 6.42 Å². The fraction of sp³-hybridized carbons (Fsp3) is 0.125. The van der Waals surface area contributed by atoms with E-state index < -0.39 is 17.7 Å². The van der Waals surface area contributed by atoms with E-state index >= 15 is 0 Å². The van der Waals surface area contributed by atoms with Crippen molar-refractivity contribution in [3.05, 3.63) is 70.6 Å². The van der Waals surface area contributed by atoms with Gasteiger partial charge in [-0.3, -0.25) is 0 Å². The maximum Gasteiger partial charge on any atom is 0.129 e. The van der Waals surface area contributed by atoms with E-state index in [-0.39, 0.29) is 12.0 Å². The molecule has 0 bridgehead atoms. The molecule has 1 atom stereocenters. The average Bonchev–Trinajstić information content (AvgIpc) is 2.91. The Hall–Kier alpha value is -1.78. The van der Waals surface area contributed by atoms with Crippen molar-refractivity contribution in [1.82, 2.24) is 0 Å². The van der Waals surface area contributed by atoms with Crippen LogP contribution >= 0.6 is 11.3 Å². The molecule has 0 aliphatic rings. The van der Waals surface area contributed by atoms with Crippen LogP contribution in [0.2, 0.25) is 0 Å². The first kappa shape index (κ1) is 13.2. The number of benzene rings is 2. The molecule has 1 aromatic heterocycles. The van der Waals surface area contributed by atoms with Gasteiger partial charge >= 0.3 is 0 Å². The second-order valence-electron chi connectivity index (χ2n) is 4.70.